The molecule has 2 rings (SSSR count). The van der Waals surface area contributed by atoms with Crippen molar-refractivity contribution in [1.29, 1.82) is 0 Å². The zero-order chi connectivity index (χ0) is 11.6. The van der Waals surface area contributed by atoms with Crippen LogP contribution in [0.25, 0.3) is 0 Å². The molecule has 1 unspecified atom stereocenters. The van der Waals surface area contributed by atoms with Gasteiger partial charge in [0.05, 0.1) is 5.54 Å². The summed E-state index contributed by atoms with van der Waals surface area (Å²) >= 11 is 0. The van der Waals surface area contributed by atoms with E-state index >= 15 is 0 Å². The van der Waals surface area contributed by atoms with Crippen molar-refractivity contribution in [2.24, 2.45) is 11.7 Å². The number of amides is 1. The molecule has 0 radical (unpaired) electrons. The van der Waals surface area contributed by atoms with E-state index in [0.717, 1.165) is 12.8 Å². The zero-order valence-electron chi connectivity index (χ0n) is 9.27. The highest BCUT2D eigenvalue weighted by molar-refractivity contribution is 5.86. The molecule has 1 aliphatic rings. The van der Waals surface area contributed by atoms with Crippen LogP contribution in [0.1, 0.15) is 25.7 Å². The Bertz CT molecular complexity index is 357. The van der Waals surface area contributed by atoms with E-state index in [1.807, 2.05) is 0 Å². The van der Waals surface area contributed by atoms with Crippen molar-refractivity contribution in [2.45, 2.75) is 31.7 Å². The standard InChI is InChI=1S/C10H16N4O2/c1-10(11,7-2-3-7)9(15)12-5-4-8-13-6-14-16-8/h6-7H,2-5,11H2,1H3,(H,12,15). The molecule has 1 amide bonds. The molecule has 1 heterocycles. The number of carbonyl (C=O) groups is 1. The predicted octanol–water partition coefficient (Wildman–Crippen LogP) is -0.144. The van der Waals surface area contributed by atoms with Crippen molar-refractivity contribution in [1.82, 2.24) is 15.5 Å². The lowest BCUT2D eigenvalue weighted by atomic mass is 9.96. The van der Waals surface area contributed by atoms with Gasteiger partial charge in [-0.1, -0.05) is 5.16 Å². The Balaban J connectivity index is 1.75. The summed E-state index contributed by atoms with van der Waals surface area (Å²) in [6.07, 6.45) is 3.97. The van der Waals surface area contributed by atoms with Crippen molar-refractivity contribution in [2.75, 3.05) is 6.54 Å². The van der Waals surface area contributed by atoms with E-state index < -0.39 is 5.54 Å². The van der Waals surface area contributed by atoms with Crippen LogP contribution in [0.2, 0.25) is 0 Å². The lowest BCUT2D eigenvalue weighted by molar-refractivity contribution is -0.126. The fourth-order valence-electron chi connectivity index (χ4n) is 1.65. The lowest BCUT2D eigenvalue weighted by Gasteiger charge is -2.22. The number of hydrogen-bond donors (Lipinski definition) is 2. The first-order valence-corrected chi connectivity index (χ1v) is 5.43. The Kier molecular flexibility index (Phi) is 2.91. The highest BCUT2D eigenvalue weighted by Gasteiger charge is 2.43. The van der Waals surface area contributed by atoms with Gasteiger partial charge in [0.1, 0.15) is 0 Å². The third kappa shape index (κ3) is 2.38. The van der Waals surface area contributed by atoms with Crippen molar-refractivity contribution in [3.8, 4) is 0 Å². The quantitative estimate of drug-likeness (QED) is 0.725. The number of nitrogens with one attached hydrogen (secondary N) is 1. The molecule has 1 fully saturated rings. The maximum atomic E-state index is 11.8. The summed E-state index contributed by atoms with van der Waals surface area (Å²) in [6.45, 7) is 2.26. The van der Waals surface area contributed by atoms with E-state index in [4.69, 9.17) is 10.3 Å². The molecule has 1 aliphatic carbocycles. The fourth-order valence-corrected chi connectivity index (χ4v) is 1.65. The third-order valence-electron chi connectivity index (χ3n) is 2.95. The predicted molar refractivity (Wildman–Crippen MR) is 56.3 cm³/mol. The summed E-state index contributed by atoms with van der Waals surface area (Å²) in [6, 6.07) is 0. The maximum absolute atomic E-state index is 11.8. The van der Waals surface area contributed by atoms with Gasteiger partial charge in [0.15, 0.2) is 6.33 Å². The number of nitrogens with zero attached hydrogens (tertiary/aromatic N) is 2. The van der Waals surface area contributed by atoms with E-state index in [-0.39, 0.29) is 5.91 Å². The number of carbonyl (C=O) groups excluding carboxylic acids is 1. The SMILES string of the molecule is CC(N)(C(=O)NCCc1ncno1)C1CC1. The average Bonchev–Trinajstić information content (AvgIpc) is 2.99. The van der Waals surface area contributed by atoms with Crippen molar-refractivity contribution in [3.63, 3.8) is 0 Å². The molecular weight excluding hydrogens is 208 g/mol. The lowest BCUT2D eigenvalue weighted by Crippen LogP contribution is -2.53. The van der Waals surface area contributed by atoms with E-state index in [9.17, 15) is 4.79 Å². The molecule has 6 nitrogen and oxygen atoms in total. The molecule has 0 aliphatic heterocycles. The second kappa shape index (κ2) is 4.21. The Morgan fingerprint density at radius 2 is 2.50 bits per heavy atom. The smallest absolute Gasteiger partial charge is 0.240 e. The minimum atomic E-state index is -0.741. The van der Waals surface area contributed by atoms with Crippen LogP contribution in [0.15, 0.2) is 10.9 Å². The van der Waals surface area contributed by atoms with Gasteiger partial charge in [-0.25, -0.2) is 0 Å². The van der Waals surface area contributed by atoms with Gasteiger partial charge in [-0.2, -0.15) is 4.98 Å². The van der Waals surface area contributed by atoms with Crippen LogP contribution in [0.5, 0.6) is 0 Å². The van der Waals surface area contributed by atoms with Gasteiger partial charge < -0.3 is 15.6 Å². The summed E-state index contributed by atoms with van der Waals surface area (Å²) < 4.78 is 4.82. The molecule has 1 saturated carbocycles. The molecule has 0 bridgehead atoms. The van der Waals surface area contributed by atoms with Crippen LogP contribution in [0, 0.1) is 5.92 Å². The van der Waals surface area contributed by atoms with Crippen molar-refractivity contribution >= 4 is 5.91 Å². The highest BCUT2D eigenvalue weighted by atomic mass is 16.5. The molecule has 0 saturated heterocycles. The zero-order valence-corrected chi connectivity index (χ0v) is 9.27. The molecule has 3 N–H and O–H groups in total. The van der Waals surface area contributed by atoms with Crippen LogP contribution in [-0.2, 0) is 11.2 Å². The normalized spacial score (nSPS) is 19.1. The molecule has 16 heavy (non-hydrogen) atoms. The molecule has 88 valence electrons. The summed E-state index contributed by atoms with van der Waals surface area (Å²) in [4.78, 5) is 15.6. The minimum absolute atomic E-state index is 0.102. The first kappa shape index (κ1) is 11.1. The largest absolute Gasteiger partial charge is 0.354 e. The molecule has 0 spiro atoms. The first-order chi connectivity index (χ1) is 7.60. The van der Waals surface area contributed by atoms with Gasteiger partial charge in [-0.15, -0.1) is 0 Å². The number of nitrogens with two attached hydrogens (primary N) is 1. The van der Waals surface area contributed by atoms with Crippen LogP contribution >= 0.6 is 0 Å². The highest BCUT2D eigenvalue weighted by Crippen LogP contribution is 2.37. The Morgan fingerprint density at radius 3 is 3.06 bits per heavy atom. The summed E-state index contributed by atoms with van der Waals surface area (Å²) in [7, 11) is 0. The van der Waals surface area contributed by atoms with Crippen LogP contribution in [0.3, 0.4) is 0 Å². The second-order valence-electron chi connectivity index (χ2n) is 4.40. The number of aromatic nitrogens is 2. The van der Waals surface area contributed by atoms with Gasteiger partial charge in [0, 0.05) is 13.0 Å². The number of hydrogen-bond acceptors (Lipinski definition) is 5. The fraction of sp³-hybridized carbons (Fsp3) is 0.700. The van der Waals surface area contributed by atoms with Gasteiger partial charge in [0.25, 0.3) is 0 Å². The molecule has 1 atom stereocenters. The van der Waals surface area contributed by atoms with Gasteiger partial charge in [-0.3, -0.25) is 4.79 Å². The van der Waals surface area contributed by atoms with Crippen molar-refractivity contribution < 1.29 is 9.32 Å². The van der Waals surface area contributed by atoms with E-state index in [2.05, 4.69) is 15.5 Å². The van der Waals surface area contributed by atoms with E-state index in [1.165, 1.54) is 6.33 Å². The number of rotatable bonds is 5. The monoisotopic (exact) mass is 224 g/mol. The average molecular weight is 224 g/mol. The van der Waals surface area contributed by atoms with Crippen LogP contribution in [0.4, 0.5) is 0 Å². The van der Waals surface area contributed by atoms with E-state index in [1.54, 1.807) is 6.92 Å². The molecule has 1 aromatic heterocycles. The van der Waals surface area contributed by atoms with Crippen molar-refractivity contribution in [3.05, 3.63) is 12.2 Å². The first-order valence-electron chi connectivity index (χ1n) is 5.43. The summed E-state index contributed by atoms with van der Waals surface area (Å²) in [5.41, 5.74) is 5.22. The maximum Gasteiger partial charge on any atom is 0.240 e. The Labute approximate surface area is 93.6 Å². The van der Waals surface area contributed by atoms with Gasteiger partial charge in [0.2, 0.25) is 11.8 Å². The molecule has 1 aromatic rings. The van der Waals surface area contributed by atoms with E-state index in [0.29, 0.717) is 24.8 Å². The topological polar surface area (TPSA) is 94.0 Å². The molecule has 0 aromatic carbocycles. The third-order valence-corrected chi connectivity index (χ3v) is 2.95. The Hall–Kier alpha value is -1.43. The van der Waals surface area contributed by atoms with Gasteiger partial charge >= 0.3 is 0 Å². The second-order valence-corrected chi connectivity index (χ2v) is 4.40. The summed E-state index contributed by atoms with van der Waals surface area (Å²) in [5.74, 6) is 0.746. The van der Waals surface area contributed by atoms with Crippen LogP contribution in [-0.4, -0.2) is 28.1 Å². The molecule has 6 heteroatoms. The molecular formula is C10H16N4O2. The van der Waals surface area contributed by atoms with Crippen LogP contribution < -0.4 is 11.1 Å². The Morgan fingerprint density at radius 1 is 1.75 bits per heavy atom. The summed E-state index contributed by atoms with van der Waals surface area (Å²) in [5, 5.41) is 6.27. The minimum Gasteiger partial charge on any atom is -0.354 e. The van der Waals surface area contributed by atoms with Gasteiger partial charge in [-0.05, 0) is 25.7 Å².